The predicted octanol–water partition coefficient (Wildman–Crippen LogP) is 1.25. The average Bonchev–Trinajstić information content (AvgIpc) is 3.24. The molecule has 2 aliphatic rings. The average molecular weight is 257 g/mol. The number of rotatable bonds is 2. The molecule has 5 heteroatoms. The molecule has 0 radical (unpaired) electrons. The van der Waals surface area contributed by atoms with Gasteiger partial charge in [-0.1, -0.05) is 0 Å². The summed E-state index contributed by atoms with van der Waals surface area (Å²) in [5.74, 6) is 0. The molecule has 1 saturated carbocycles. The maximum Gasteiger partial charge on any atom is 0.159 e. The van der Waals surface area contributed by atoms with E-state index in [0.29, 0.717) is 0 Å². The van der Waals surface area contributed by atoms with Crippen molar-refractivity contribution in [3.8, 4) is 0 Å². The van der Waals surface area contributed by atoms with Crippen LogP contribution in [0.5, 0.6) is 0 Å². The largest absolute Gasteiger partial charge is 0.368 e. The van der Waals surface area contributed by atoms with Crippen molar-refractivity contribution in [1.29, 1.82) is 0 Å². The summed E-state index contributed by atoms with van der Waals surface area (Å²) in [6, 6.07) is 3.01. The highest BCUT2D eigenvalue weighted by atomic mass is 15.3. The third-order valence-corrected chi connectivity index (χ3v) is 4.33. The molecule has 2 aromatic rings. The second-order valence-corrected chi connectivity index (χ2v) is 5.59. The number of fused-ring (bicyclic) bond motifs is 1. The predicted molar refractivity (Wildman–Crippen MR) is 75.3 cm³/mol. The molecule has 1 aliphatic heterocycles. The van der Waals surface area contributed by atoms with E-state index in [2.05, 4.69) is 25.9 Å². The fraction of sp³-hybridized carbons (Fsp3) is 0.571. The molecule has 3 heterocycles. The number of piperazine rings is 1. The summed E-state index contributed by atoms with van der Waals surface area (Å²) in [4.78, 5) is 9.53. The molecule has 1 aliphatic carbocycles. The fourth-order valence-electron chi connectivity index (χ4n) is 3.08. The van der Waals surface area contributed by atoms with E-state index in [1.807, 2.05) is 24.1 Å². The van der Waals surface area contributed by atoms with Gasteiger partial charge in [0.25, 0.3) is 0 Å². The van der Waals surface area contributed by atoms with Gasteiger partial charge in [-0.2, -0.15) is 5.10 Å². The van der Waals surface area contributed by atoms with E-state index in [1.54, 1.807) is 0 Å². The maximum absolute atomic E-state index is 4.41. The van der Waals surface area contributed by atoms with E-state index >= 15 is 0 Å². The molecule has 0 atom stereocenters. The zero-order valence-electron chi connectivity index (χ0n) is 11.3. The Morgan fingerprint density at radius 1 is 1.16 bits per heavy atom. The first-order valence-electron chi connectivity index (χ1n) is 7.08. The fourth-order valence-corrected chi connectivity index (χ4v) is 3.08. The first kappa shape index (κ1) is 11.2. The van der Waals surface area contributed by atoms with Crippen LogP contribution in [0, 0.1) is 0 Å². The Morgan fingerprint density at radius 2 is 1.95 bits per heavy atom. The van der Waals surface area contributed by atoms with E-state index in [0.717, 1.165) is 24.8 Å². The number of pyridine rings is 1. The summed E-state index contributed by atoms with van der Waals surface area (Å²) in [6.45, 7) is 4.61. The standard InChI is InChI=1S/C14H19N5/c1-17-14-12(10-16-17)13(4-5-15-14)19-8-6-18(7-9-19)11-2-3-11/h4-5,10-11H,2-3,6-9H2,1H3. The topological polar surface area (TPSA) is 37.2 Å². The van der Waals surface area contributed by atoms with Crippen LogP contribution in [0.25, 0.3) is 11.0 Å². The Hall–Kier alpha value is -1.62. The van der Waals surface area contributed by atoms with Gasteiger partial charge in [-0.3, -0.25) is 9.58 Å². The lowest BCUT2D eigenvalue weighted by atomic mass is 10.2. The minimum absolute atomic E-state index is 0.887. The Labute approximate surface area is 112 Å². The number of hydrogen-bond acceptors (Lipinski definition) is 4. The summed E-state index contributed by atoms with van der Waals surface area (Å²) in [6.07, 6.45) is 6.64. The molecule has 2 fully saturated rings. The van der Waals surface area contributed by atoms with E-state index in [1.165, 1.54) is 37.0 Å². The molecular weight excluding hydrogens is 238 g/mol. The van der Waals surface area contributed by atoms with Gasteiger partial charge >= 0.3 is 0 Å². The molecule has 100 valence electrons. The molecule has 1 saturated heterocycles. The minimum Gasteiger partial charge on any atom is -0.368 e. The first-order valence-corrected chi connectivity index (χ1v) is 7.08. The number of anilines is 1. The zero-order chi connectivity index (χ0) is 12.8. The van der Waals surface area contributed by atoms with Gasteiger partial charge in [-0.15, -0.1) is 0 Å². The normalized spacial score (nSPS) is 21.2. The number of aryl methyl sites for hydroxylation is 1. The summed E-state index contributed by atoms with van der Waals surface area (Å²) in [7, 11) is 1.95. The van der Waals surface area contributed by atoms with Gasteiger partial charge in [0, 0.05) is 45.5 Å². The highest BCUT2D eigenvalue weighted by Gasteiger charge is 2.31. The van der Waals surface area contributed by atoms with Gasteiger partial charge in [0.2, 0.25) is 0 Å². The first-order chi connectivity index (χ1) is 9.33. The van der Waals surface area contributed by atoms with Gasteiger partial charge < -0.3 is 4.90 Å². The van der Waals surface area contributed by atoms with E-state index in [9.17, 15) is 0 Å². The Balaban J connectivity index is 1.60. The Morgan fingerprint density at radius 3 is 2.68 bits per heavy atom. The minimum atomic E-state index is 0.887. The van der Waals surface area contributed by atoms with Crippen molar-refractivity contribution in [3.05, 3.63) is 18.5 Å². The van der Waals surface area contributed by atoms with Crippen LogP contribution < -0.4 is 4.90 Å². The highest BCUT2D eigenvalue weighted by molar-refractivity contribution is 5.89. The van der Waals surface area contributed by atoms with Gasteiger partial charge in [-0.05, 0) is 18.9 Å². The second kappa shape index (κ2) is 4.20. The second-order valence-electron chi connectivity index (χ2n) is 5.59. The molecule has 4 rings (SSSR count). The van der Waals surface area contributed by atoms with Crippen molar-refractivity contribution in [2.45, 2.75) is 18.9 Å². The van der Waals surface area contributed by atoms with Crippen LogP contribution >= 0.6 is 0 Å². The van der Waals surface area contributed by atoms with Crippen LogP contribution in [0.2, 0.25) is 0 Å². The quantitative estimate of drug-likeness (QED) is 0.811. The van der Waals surface area contributed by atoms with Crippen molar-refractivity contribution < 1.29 is 0 Å². The van der Waals surface area contributed by atoms with Crippen molar-refractivity contribution in [2.75, 3.05) is 31.1 Å². The summed E-state index contributed by atoms with van der Waals surface area (Å²) in [5.41, 5.74) is 2.26. The van der Waals surface area contributed by atoms with Crippen molar-refractivity contribution in [3.63, 3.8) is 0 Å². The van der Waals surface area contributed by atoms with Crippen LogP contribution in [0.4, 0.5) is 5.69 Å². The van der Waals surface area contributed by atoms with E-state index in [-0.39, 0.29) is 0 Å². The van der Waals surface area contributed by atoms with Crippen molar-refractivity contribution in [1.82, 2.24) is 19.7 Å². The lowest BCUT2D eigenvalue weighted by molar-refractivity contribution is 0.248. The van der Waals surface area contributed by atoms with Crippen molar-refractivity contribution >= 4 is 16.7 Å². The summed E-state index contributed by atoms with van der Waals surface area (Å²) < 4.78 is 1.85. The van der Waals surface area contributed by atoms with Gasteiger partial charge in [0.1, 0.15) is 0 Å². The molecule has 0 N–H and O–H groups in total. The smallest absolute Gasteiger partial charge is 0.159 e. The highest BCUT2D eigenvalue weighted by Crippen LogP contribution is 2.30. The van der Waals surface area contributed by atoms with Crippen LogP contribution in [0.15, 0.2) is 18.5 Å². The monoisotopic (exact) mass is 257 g/mol. The third-order valence-electron chi connectivity index (χ3n) is 4.33. The molecule has 5 nitrogen and oxygen atoms in total. The number of nitrogens with zero attached hydrogens (tertiary/aromatic N) is 5. The third kappa shape index (κ3) is 1.89. The van der Waals surface area contributed by atoms with Gasteiger partial charge in [-0.25, -0.2) is 4.98 Å². The molecule has 0 unspecified atom stereocenters. The van der Waals surface area contributed by atoms with Gasteiger partial charge in [0.05, 0.1) is 17.3 Å². The molecule has 0 spiro atoms. The lowest BCUT2D eigenvalue weighted by Gasteiger charge is -2.36. The molecule has 0 amide bonds. The molecule has 0 bridgehead atoms. The molecule has 19 heavy (non-hydrogen) atoms. The lowest BCUT2D eigenvalue weighted by Crippen LogP contribution is -2.47. The molecular formula is C14H19N5. The maximum atomic E-state index is 4.41. The Bertz CT molecular complexity index is 593. The van der Waals surface area contributed by atoms with Crippen LogP contribution in [0.1, 0.15) is 12.8 Å². The van der Waals surface area contributed by atoms with Crippen LogP contribution in [-0.4, -0.2) is 51.9 Å². The van der Waals surface area contributed by atoms with Crippen molar-refractivity contribution in [2.24, 2.45) is 7.05 Å². The summed E-state index contributed by atoms with van der Waals surface area (Å²) in [5, 5.41) is 5.49. The van der Waals surface area contributed by atoms with Gasteiger partial charge in [0.15, 0.2) is 5.65 Å². The van der Waals surface area contributed by atoms with Crippen LogP contribution in [0.3, 0.4) is 0 Å². The van der Waals surface area contributed by atoms with Crippen LogP contribution in [-0.2, 0) is 7.05 Å². The molecule has 0 aromatic carbocycles. The SMILES string of the molecule is Cn1ncc2c(N3CCN(C4CC4)CC3)ccnc21. The summed E-state index contributed by atoms with van der Waals surface area (Å²) >= 11 is 0. The van der Waals surface area contributed by atoms with E-state index < -0.39 is 0 Å². The number of hydrogen-bond donors (Lipinski definition) is 0. The number of aromatic nitrogens is 3. The zero-order valence-corrected chi connectivity index (χ0v) is 11.3. The Kier molecular flexibility index (Phi) is 2.48. The molecule has 2 aromatic heterocycles. The van der Waals surface area contributed by atoms with E-state index in [4.69, 9.17) is 0 Å².